The lowest BCUT2D eigenvalue weighted by Crippen LogP contribution is -2.65. The van der Waals surface area contributed by atoms with Gasteiger partial charge in [-0.05, 0) is 19.3 Å². The summed E-state index contributed by atoms with van der Waals surface area (Å²) >= 11 is 0. The topological polar surface area (TPSA) is 85.4 Å². The maximum absolute atomic E-state index is 12.4. The normalized spacial score (nSPS) is 49.2. The highest BCUT2D eigenvalue weighted by Gasteiger charge is 2.76. The minimum atomic E-state index is -0.722. The number of rotatable bonds is 3. The maximum Gasteiger partial charge on any atom is 0.334 e. The van der Waals surface area contributed by atoms with Crippen LogP contribution in [0.4, 0.5) is 0 Å². The van der Waals surface area contributed by atoms with Crippen LogP contribution < -0.4 is 0 Å². The molecule has 4 fully saturated rings. The molecule has 4 aliphatic rings. The highest BCUT2D eigenvalue weighted by atomic mass is 16.6. The Labute approximate surface area is 153 Å². The molecule has 26 heavy (non-hydrogen) atoms. The van der Waals surface area contributed by atoms with E-state index in [-0.39, 0.29) is 35.9 Å². The van der Waals surface area contributed by atoms with Crippen molar-refractivity contribution in [3.8, 4) is 0 Å². The molecule has 6 heteroatoms. The van der Waals surface area contributed by atoms with Crippen molar-refractivity contribution in [2.24, 2.45) is 23.2 Å². The van der Waals surface area contributed by atoms with Crippen molar-refractivity contribution in [2.75, 3.05) is 0 Å². The molecule has 1 N–H and O–H groups in total. The summed E-state index contributed by atoms with van der Waals surface area (Å²) in [5.74, 6) is -0.904. The van der Waals surface area contributed by atoms with Crippen LogP contribution in [-0.4, -0.2) is 47.1 Å². The number of fused-ring (bicyclic) bond motifs is 5. The number of carbonyl (C=O) groups is 2. The molecule has 0 aromatic heterocycles. The fraction of sp³-hybridized carbons (Fsp3) is 0.800. The van der Waals surface area contributed by atoms with E-state index in [1.807, 2.05) is 27.7 Å². The predicted octanol–water partition coefficient (Wildman–Crippen LogP) is 1.99. The zero-order chi connectivity index (χ0) is 19.0. The number of ether oxygens (including phenoxy) is 3. The first kappa shape index (κ1) is 18.0. The zero-order valence-electron chi connectivity index (χ0n) is 15.9. The monoisotopic (exact) mass is 364 g/mol. The van der Waals surface area contributed by atoms with Crippen molar-refractivity contribution in [2.45, 2.75) is 77.0 Å². The Morgan fingerprint density at radius 3 is 2.73 bits per heavy atom. The molecule has 0 amide bonds. The van der Waals surface area contributed by atoms with Gasteiger partial charge in [-0.25, -0.2) is 4.79 Å². The number of aliphatic hydroxyl groups is 1. The first-order valence-electron chi connectivity index (χ1n) is 9.54. The van der Waals surface area contributed by atoms with Gasteiger partial charge in [0.15, 0.2) is 0 Å². The van der Waals surface area contributed by atoms with E-state index in [4.69, 9.17) is 14.2 Å². The Kier molecular flexibility index (Phi) is 3.84. The predicted molar refractivity (Wildman–Crippen MR) is 92.0 cm³/mol. The van der Waals surface area contributed by atoms with Gasteiger partial charge < -0.3 is 19.3 Å². The minimum Gasteiger partial charge on any atom is -0.462 e. The first-order valence-corrected chi connectivity index (χ1v) is 9.54. The smallest absolute Gasteiger partial charge is 0.334 e. The van der Waals surface area contributed by atoms with E-state index in [0.29, 0.717) is 24.8 Å². The quantitative estimate of drug-likeness (QED) is 0.468. The lowest BCUT2D eigenvalue weighted by molar-refractivity contribution is -0.211. The minimum absolute atomic E-state index is 0.0473. The van der Waals surface area contributed by atoms with Crippen LogP contribution in [0.2, 0.25) is 0 Å². The summed E-state index contributed by atoms with van der Waals surface area (Å²) in [5.41, 5.74) is -0.756. The van der Waals surface area contributed by atoms with E-state index in [0.717, 1.165) is 0 Å². The van der Waals surface area contributed by atoms with Gasteiger partial charge in [0.05, 0.1) is 17.8 Å². The van der Waals surface area contributed by atoms with Gasteiger partial charge in [-0.1, -0.05) is 27.4 Å². The molecule has 0 bridgehead atoms. The fourth-order valence-corrected chi connectivity index (χ4v) is 5.61. The van der Waals surface area contributed by atoms with Crippen LogP contribution in [0, 0.1) is 23.2 Å². The summed E-state index contributed by atoms with van der Waals surface area (Å²) in [6, 6.07) is 0. The molecule has 2 saturated heterocycles. The van der Waals surface area contributed by atoms with Crippen molar-refractivity contribution in [1.82, 2.24) is 0 Å². The van der Waals surface area contributed by atoms with E-state index in [9.17, 15) is 14.7 Å². The van der Waals surface area contributed by atoms with E-state index >= 15 is 0 Å². The van der Waals surface area contributed by atoms with Crippen molar-refractivity contribution < 1.29 is 28.9 Å². The Hall–Kier alpha value is -1.40. The highest BCUT2D eigenvalue weighted by molar-refractivity contribution is 5.91. The lowest BCUT2D eigenvalue weighted by atomic mass is 9.51. The standard InChI is InChI=1S/C20H28O6/c1-9(2)6-15(22)24-13-7-11-10(3)18(23)25-16(11)17-19(13,4)12(21)8-14-20(17,5)26-14/h9,11-14,16-17,21H,3,6-8H2,1-2,4-5H3. The molecule has 0 spiro atoms. The van der Waals surface area contributed by atoms with Gasteiger partial charge in [0.25, 0.3) is 0 Å². The molecule has 0 aromatic rings. The number of hydrogen-bond donors (Lipinski definition) is 1. The summed E-state index contributed by atoms with van der Waals surface area (Å²) in [4.78, 5) is 24.6. The molecule has 4 rings (SSSR count). The maximum atomic E-state index is 12.4. The molecule has 2 saturated carbocycles. The molecule has 2 aliphatic carbocycles. The Bertz CT molecular complexity index is 671. The average Bonchev–Trinajstić information content (AvgIpc) is 3.10. The molecule has 8 atom stereocenters. The largest absolute Gasteiger partial charge is 0.462 e. The summed E-state index contributed by atoms with van der Waals surface area (Å²) < 4.78 is 17.5. The Balaban J connectivity index is 1.71. The van der Waals surface area contributed by atoms with E-state index in [1.54, 1.807) is 0 Å². The van der Waals surface area contributed by atoms with E-state index in [2.05, 4.69) is 6.58 Å². The van der Waals surface area contributed by atoms with Gasteiger partial charge in [0, 0.05) is 35.7 Å². The molecular formula is C20H28O6. The number of epoxide rings is 1. The molecule has 2 heterocycles. The number of hydrogen-bond acceptors (Lipinski definition) is 6. The average molecular weight is 364 g/mol. The number of aliphatic hydroxyl groups excluding tert-OH is 1. The number of carbonyl (C=O) groups excluding carboxylic acids is 2. The van der Waals surface area contributed by atoms with Crippen molar-refractivity contribution in [3.63, 3.8) is 0 Å². The second-order valence-corrected chi connectivity index (χ2v) is 9.20. The molecule has 144 valence electrons. The summed E-state index contributed by atoms with van der Waals surface area (Å²) in [5, 5.41) is 11.0. The van der Waals surface area contributed by atoms with Gasteiger partial charge in [0.1, 0.15) is 12.2 Å². The lowest BCUT2D eigenvalue weighted by Gasteiger charge is -2.55. The van der Waals surface area contributed by atoms with Crippen molar-refractivity contribution >= 4 is 11.9 Å². The van der Waals surface area contributed by atoms with Crippen molar-refractivity contribution in [1.29, 1.82) is 0 Å². The Morgan fingerprint density at radius 2 is 2.08 bits per heavy atom. The van der Waals surface area contributed by atoms with Gasteiger partial charge in [-0.2, -0.15) is 0 Å². The molecular weight excluding hydrogens is 336 g/mol. The highest BCUT2D eigenvalue weighted by Crippen LogP contribution is 2.66. The Morgan fingerprint density at radius 1 is 1.38 bits per heavy atom. The molecule has 6 nitrogen and oxygen atoms in total. The SMILES string of the molecule is C=C1C(=O)OC2C1CC(OC(=O)CC(C)C)C1(C)C(O)CC3OC3(C)C21. The van der Waals surface area contributed by atoms with Gasteiger partial charge >= 0.3 is 11.9 Å². The molecule has 0 aromatic carbocycles. The second kappa shape index (κ2) is 5.55. The van der Waals surface area contributed by atoms with Gasteiger partial charge in [-0.3, -0.25) is 4.79 Å². The van der Waals surface area contributed by atoms with Crippen LogP contribution in [0.15, 0.2) is 12.2 Å². The van der Waals surface area contributed by atoms with Crippen LogP contribution in [0.3, 0.4) is 0 Å². The molecule has 2 aliphatic heterocycles. The zero-order valence-corrected chi connectivity index (χ0v) is 15.9. The molecule has 8 unspecified atom stereocenters. The van der Waals surface area contributed by atoms with E-state index in [1.165, 1.54) is 0 Å². The summed E-state index contributed by atoms with van der Waals surface area (Å²) in [7, 11) is 0. The molecule has 0 radical (unpaired) electrons. The first-order chi connectivity index (χ1) is 12.1. The van der Waals surface area contributed by atoms with Crippen LogP contribution in [0.5, 0.6) is 0 Å². The third kappa shape index (κ3) is 2.31. The summed E-state index contributed by atoms with van der Waals surface area (Å²) in [6.45, 7) is 11.8. The van der Waals surface area contributed by atoms with Crippen LogP contribution >= 0.6 is 0 Å². The third-order valence-electron chi connectivity index (χ3n) is 7.11. The summed E-state index contributed by atoms with van der Waals surface area (Å²) in [6.07, 6.45) is -0.327. The van der Waals surface area contributed by atoms with Crippen molar-refractivity contribution in [3.05, 3.63) is 12.2 Å². The number of esters is 2. The van der Waals surface area contributed by atoms with Crippen LogP contribution in [-0.2, 0) is 23.8 Å². The van der Waals surface area contributed by atoms with Gasteiger partial charge in [-0.15, -0.1) is 0 Å². The fourth-order valence-electron chi connectivity index (χ4n) is 5.61. The van der Waals surface area contributed by atoms with Crippen LogP contribution in [0.1, 0.15) is 47.0 Å². The van der Waals surface area contributed by atoms with Gasteiger partial charge in [0.2, 0.25) is 0 Å². The second-order valence-electron chi connectivity index (χ2n) is 9.20. The third-order valence-corrected chi connectivity index (χ3v) is 7.11. The van der Waals surface area contributed by atoms with E-state index < -0.39 is 29.2 Å². The van der Waals surface area contributed by atoms with Crippen LogP contribution in [0.25, 0.3) is 0 Å².